The number of imidazole rings is 1. The summed E-state index contributed by atoms with van der Waals surface area (Å²) in [6, 6.07) is 26.1. The van der Waals surface area contributed by atoms with Gasteiger partial charge < -0.3 is 44.7 Å². The third kappa shape index (κ3) is 17.4. The molecule has 80 heavy (non-hydrogen) atoms. The van der Waals surface area contributed by atoms with Crippen LogP contribution in [0.15, 0.2) is 103 Å². The summed E-state index contributed by atoms with van der Waals surface area (Å²) in [6.45, 7) is 11.5. The van der Waals surface area contributed by atoms with Crippen LogP contribution in [0.1, 0.15) is 95.2 Å². The lowest BCUT2D eigenvalue weighted by molar-refractivity contribution is -0.147. The molecular weight excluding hydrogens is 1050 g/mol. The maximum atomic E-state index is 15.4. The van der Waals surface area contributed by atoms with Gasteiger partial charge >= 0.3 is 0 Å². The maximum Gasteiger partial charge on any atom is 0.247 e. The van der Waals surface area contributed by atoms with Crippen LogP contribution >= 0.6 is 23.2 Å². The van der Waals surface area contributed by atoms with Gasteiger partial charge in [0, 0.05) is 86.4 Å². The fourth-order valence-corrected chi connectivity index (χ4v) is 10.8. The molecule has 430 valence electrons. The number of rotatable bonds is 18. The van der Waals surface area contributed by atoms with Gasteiger partial charge in [0.2, 0.25) is 29.5 Å². The first kappa shape index (κ1) is 61.3. The molecule has 2 aliphatic heterocycles. The third-order valence-electron chi connectivity index (χ3n) is 15.4. The lowest BCUT2D eigenvalue weighted by Gasteiger charge is -2.35. The summed E-state index contributed by atoms with van der Waals surface area (Å²) >= 11 is 12.9. The highest BCUT2D eigenvalue weighted by molar-refractivity contribution is 6.31. The number of carbonyl (C=O) groups is 5. The van der Waals surface area contributed by atoms with Gasteiger partial charge in [0.25, 0.3) is 0 Å². The smallest absolute Gasteiger partial charge is 0.247 e. The number of nitrogens with one attached hydrogen (secondary N) is 3. The number of methoxy groups -OCH3 is 1. The van der Waals surface area contributed by atoms with Crippen LogP contribution in [0, 0.1) is 5.92 Å². The molecule has 1 aromatic heterocycles. The van der Waals surface area contributed by atoms with Gasteiger partial charge in [-0.05, 0) is 146 Å². The molecule has 4 aromatic carbocycles. The Labute approximate surface area is 482 Å². The number of aromatic nitrogens is 2. The standard InChI is InChI=1S/C62H81Cl2N9O7/c1-42-59(76)68-53(41-79-8)61(78)70(6)51(33-44-19-24-48(63)25-20-44)36-57(74)66-37-50(18-12-13-29-67-62(2,3)4)69(5)60(77)47(32-43-16-10-9-11-17-43)34-58(75)73(42)39-46-21-26-49(64)35-55(46)80-52-27-22-45(23-28-52)54-38-65-56(71(54)7)40-72-30-14-15-31-72/h9-11,16-17,19-28,35,38,42,47,50-51,53,67H,12-15,18,29-34,36-37,39-41H2,1-8H3,(H,66,74)(H,68,76)/t42-,47+,50-,51-,53-/m0/s1. The van der Waals surface area contributed by atoms with Crippen molar-refractivity contribution in [1.29, 1.82) is 0 Å². The van der Waals surface area contributed by atoms with Gasteiger partial charge in [-0.3, -0.25) is 28.9 Å². The minimum absolute atomic E-state index is 0.0718. The molecule has 0 saturated carbocycles. The zero-order chi connectivity index (χ0) is 57.5. The number of likely N-dealkylation sites (tertiary alicyclic amines) is 1. The highest BCUT2D eigenvalue weighted by atomic mass is 35.5. The van der Waals surface area contributed by atoms with Gasteiger partial charge in [-0.15, -0.1) is 0 Å². The third-order valence-corrected chi connectivity index (χ3v) is 15.8. The van der Waals surface area contributed by atoms with E-state index in [1.165, 1.54) is 29.8 Å². The summed E-state index contributed by atoms with van der Waals surface area (Å²) in [5, 5.41) is 10.5. The van der Waals surface area contributed by atoms with E-state index in [-0.39, 0.29) is 56.3 Å². The number of carbonyl (C=O) groups excluding carboxylic acids is 5. The van der Waals surface area contributed by atoms with Gasteiger partial charge in [0.1, 0.15) is 29.4 Å². The van der Waals surface area contributed by atoms with Crippen molar-refractivity contribution < 1.29 is 33.4 Å². The Morgan fingerprint density at radius 3 is 2.12 bits per heavy atom. The van der Waals surface area contributed by atoms with Crippen LogP contribution in [0.4, 0.5) is 0 Å². The monoisotopic (exact) mass is 1130 g/mol. The van der Waals surface area contributed by atoms with Crippen LogP contribution in [0.5, 0.6) is 11.5 Å². The molecule has 3 N–H and O–H groups in total. The normalized spacial score (nSPS) is 20.6. The van der Waals surface area contributed by atoms with Crippen molar-refractivity contribution in [2.45, 2.75) is 128 Å². The Morgan fingerprint density at radius 2 is 1.44 bits per heavy atom. The Hall–Kier alpha value is -6.30. The quantitative estimate of drug-likeness (QED) is 0.0721. The van der Waals surface area contributed by atoms with Crippen molar-refractivity contribution in [1.82, 2.24) is 45.1 Å². The molecular formula is C62H81Cl2N9O7. The predicted molar refractivity (Wildman–Crippen MR) is 314 cm³/mol. The van der Waals surface area contributed by atoms with Crippen LogP contribution in [-0.4, -0.2) is 142 Å². The van der Waals surface area contributed by atoms with Crippen LogP contribution < -0.4 is 20.7 Å². The van der Waals surface area contributed by atoms with Gasteiger partial charge in [0.05, 0.1) is 37.5 Å². The van der Waals surface area contributed by atoms with E-state index in [2.05, 4.69) is 46.2 Å². The fourth-order valence-electron chi connectivity index (χ4n) is 10.5. The van der Waals surface area contributed by atoms with Crippen LogP contribution in [0.2, 0.25) is 10.0 Å². The first-order valence-electron chi connectivity index (χ1n) is 28.0. The number of nitrogens with zero attached hydrogens (tertiary/aromatic N) is 6. The van der Waals surface area contributed by atoms with Crippen molar-refractivity contribution in [2.24, 2.45) is 13.0 Å². The van der Waals surface area contributed by atoms with E-state index in [1.807, 2.05) is 80.0 Å². The Balaban J connectivity index is 1.23. The van der Waals surface area contributed by atoms with Crippen LogP contribution in [-0.2, 0) is 61.7 Å². The molecule has 0 bridgehead atoms. The second-order valence-corrected chi connectivity index (χ2v) is 23.4. The van der Waals surface area contributed by atoms with Crippen molar-refractivity contribution >= 4 is 52.7 Å². The van der Waals surface area contributed by atoms with Crippen molar-refractivity contribution in [3.63, 3.8) is 0 Å². The number of ether oxygens (including phenoxy) is 2. The predicted octanol–water partition coefficient (Wildman–Crippen LogP) is 8.85. The van der Waals surface area contributed by atoms with E-state index in [0.29, 0.717) is 39.9 Å². The zero-order valence-electron chi connectivity index (χ0n) is 47.8. The molecule has 3 heterocycles. The van der Waals surface area contributed by atoms with E-state index < -0.39 is 47.8 Å². The number of benzene rings is 4. The van der Waals surface area contributed by atoms with Gasteiger partial charge in [-0.1, -0.05) is 78.2 Å². The fraction of sp³-hybridized carbons (Fsp3) is 0.484. The number of unbranched alkanes of at least 4 members (excludes halogenated alkanes) is 1. The molecule has 5 amide bonds. The lowest BCUT2D eigenvalue weighted by Crippen LogP contribution is -2.57. The largest absolute Gasteiger partial charge is 0.457 e. The Morgan fingerprint density at radius 1 is 0.762 bits per heavy atom. The zero-order valence-corrected chi connectivity index (χ0v) is 49.3. The average molecular weight is 1140 g/mol. The van der Waals surface area contributed by atoms with Gasteiger partial charge in [-0.2, -0.15) is 0 Å². The second kappa shape index (κ2) is 28.9. The van der Waals surface area contributed by atoms with E-state index >= 15 is 9.59 Å². The topological polar surface area (TPSA) is 171 Å². The van der Waals surface area contributed by atoms with Gasteiger partial charge in [-0.25, -0.2) is 4.98 Å². The minimum Gasteiger partial charge on any atom is -0.457 e. The first-order valence-corrected chi connectivity index (χ1v) is 28.7. The second-order valence-electron chi connectivity index (χ2n) is 22.5. The summed E-state index contributed by atoms with van der Waals surface area (Å²) in [4.78, 5) is 86.1. The maximum absolute atomic E-state index is 15.4. The molecule has 18 heteroatoms. The van der Waals surface area contributed by atoms with E-state index in [1.54, 1.807) is 56.3 Å². The summed E-state index contributed by atoms with van der Waals surface area (Å²) < 4.78 is 14.3. The van der Waals surface area contributed by atoms with E-state index in [0.717, 1.165) is 67.2 Å². The van der Waals surface area contributed by atoms with Crippen LogP contribution in [0.25, 0.3) is 11.3 Å². The molecule has 0 aliphatic carbocycles. The van der Waals surface area contributed by atoms with Gasteiger partial charge in [0.15, 0.2) is 0 Å². The lowest BCUT2D eigenvalue weighted by atomic mass is 9.92. The number of amides is 5. The van der Waals surface area contributed by atoms with Crippen LogP contribution in [0.3, 0.4) is 0 Å². The molecule has 2 aliphatic rings. The van der Waals surface area contributed by atoms with Crippen molar-refractivity contribution in [3.05, 3.63) is 136 Å². The first-order chi connectivity index (χ1) is 38.3. The SMILES string of the molecule is COC[C@@H]1NC(=O)[C@H](C)N(Cc2ccc(Cl)cc2Oc2ccc(-c3cnc(CN4CCCC4)n3C)cc2)C(=O)C[C@@H](Cc2ccccc2)C(=O)N(C)[C@@H](CCCCNC(C)(C)C)CNC(=O)C[C@H](Cc2ccc(Cl)cc2)N(C)C1=O. The molecule has 7 rings (SSSR count). The highest BCUT2D eigenvalue weighted by Crippen LogP contribution is 2.33. The highest BCUT2D eigenvalue weighted by Gasteiger charge is 2.37. The summed E-state index contributed by atoms with van der Waals surface area (Å²) in [6.07, 6.45) is 6.63. The molecule has 2 saturated heterocycles. The number of hydrogen-bond donors (Lipinski definition) is 3. The number of likely N-dealkylation sites (N-methyl/N-ethyl adjacent to an activating group) is 2. The molecule has 0 radical (unpaired) electrons. The minimum atomic E-state index is -1.20. The molecule has 0 unspecified atom stereocenters. The number of halogens is 2. The average Bonchev–Trinajstić information content (AvgIpc) is 4.11. The molecule has 5 aromatic rings. The van der Waals surface area contributed by atoms with Crippen molar-refractivity contribution in [3.8, 4) is 22.8 Å². The van der Waals surface area contributed by atoms with Crippen molar-refractivity contribution in [2.75, 3.05) is 54.0 Å². The summed E-state index contributed by atoms with van der Waals surface area (Å²) in [5.41, 5.74) is 4.10. The molecule has 16 nitrogen and oxygen atoms in total. The van der Waals surface area contributed by atoms with E-state index in [4.69, 9.17) is 37.7 Å². The Kier molecular flexibility index (Phi) is 22.2. The molecule has 2 fully saturated rings. The van der Waals surface area contributed by atoms with E-state index in [9.17, 15) is 14.4 Å². The molecule has 0 spiro atoms. The summed E-state index contributed by atoms with van der Waals surface area (Å²) in [5.74, 6) is -1.18. The summed E-state index contributed by atoms with van der Waals surface area (Å²) in [7, 11) is 6.81. The number of hydrogen-bond acceptors (Lipinski definition) is 10. The molecule has 5 atom stereocenters. The Bertz CT molecular complexity index is 2850.